The van der Waals surface area contributed by atoms with Crippen LogP contribution in [0.5, 0.6) is 11.5 Å². The molecule has 1 aliphatic carbocycles. The van der Waals surface area contributed by atoms with E-state index in [0.717, 1.165) is 5.56 Å². The van der Waals surface area contributed by atoms with E-state index in [9.17, 15) is 14.7 Å². The smallest absolute Gasteiger partial charge is 0.328 e. The second-order valence-electron chi connectivity index (χ2n) is 7.99. The quantitative estimate of drug-likeness (QED) is 0.642. The summed E-state index contributed by atoms with van der Waals surface area (Å²) in [5, 5.41) is 12.6. The third kappa shape index (κ3) is 5.54. The molecule has 1 unspecified atom stereocenters. The van der Waals surface area contributed by atoms with E-state index in [1.54, 1.807) is 6.92 Å². The van der Waals surface area contributed by atoms with Gasteiger partial charge in [0.25, 0.3) is 5.91 Å². The van der Waals surface area contributed by atoms with Gasteiger partial charge >= 0.3 is 5.97 Å². The Labute approximate surface area is 182 Å². The average Bonchev–Trinajstić information content (AvgIpc) is 2.79. The Morgan fingerprint density at radius 2 is 1.77 bits per heavy atom. The van der Waals surface area contributed by atoms with E-state index >= 15 is 0 Å². The molecular formula is C24H30N2O5. The number of aromatic hydroxyl groups is 1. The van der Waals surface area contributed by atoms with Gasteiger partial charge in [0.05, 0.1) is 7.11 Å². The average molecular weight is 427 g/mol. The van der Waals surface area contributed by atoms with Crippen LogP contribution in [0, 0.1) is 0 Å². The molecule has 1 heterocycles. The molecule has 0 saturated heterocycles. The predicted molar refractivity (Wildman–Crippen MR) is 116 cm³/mol. The minimum Gasteiger partial charge on any atom is -0.503 e. The lowest BCUT2D eigenvalue weighted by molar-refractivity contribution is -0.150. The highest BCUT2D eigenvalue weighted by atomic mass is 16.5. The largest absolute Gasteiger partial charge is 0.503 e. The number of rotatable bonds is 7. The molecule has 2 atom stereocenters. The van der Waals surface area contributed by atoms with Crippen molar-refractivity contribution in [1.82, 2.24) is 10.3 Å². The zero-order chi connectivity index (χ0) is 22.4. The topological polar surface area (TPSA) is 97.8 Å². The number of hydrogen-bond acceptors (Lipinski definition) is 6. The maximum absolute atomic E-state index is 12.5. The number of esters is 1. The maximum Gasteiger partial charge on any atom is 0.328 e. The van der Waals surface area contributed by atoms with Crippen LogP contribution in [0.25, 0.3) is 0 Å². The van der Waals surface area contributed by atoms with Crippen molar-refractivity contribution < 1.29 is 24.2 Å². The van der Waals surface area contributed by atoms with E-state index in [0.29, 0.717) is 5.92 Å². The highest BCUT2D eigenvalue weighted by Crippen LogP contribution is 2.33. The molecule has 2 aromatic rings. The number of ether oxygens (including phenoxy) is 2. The monoisotopic (exact) mass is 426 g/mol. The van der Waals surface area contributed by atoms with Gasteiger partial charge in [0, 0.05) is 12.3 Å². The van der Waals surface area contributed by atoms with E-state index < -0.39 is 24.0 Å². The Bertz CT molecular complexity index is 907. The molecule has 1 aromatic carbocycles. The predicted octanol–water partition coefficient (Wildman–Crippen LogP) is 4.27. The zero-order valence-corrected chi connectivity index (χ0v) is 18.3. The summed E-state index contributed by atoms with van der Waals surface area (Å²) in [5.74, 6) is -0.891. The van der Waals surface area contributed by atoms with Crippen LogP contribution >= 0.6 is 0 Å². The molecule has 2 N–H and O–H groups in total. The molecule has 1 saturated carbocycles. The van der Waals surface area contributed by atoms with Crippen molar-refractivity contribution in [1.29, 1.82) is 0 Å². The van der Waals surface area contributed by atoms with E-state index in [-0.39, 0.29) is 17.2 Å². The molecule has 0 bridgehead atoms. The van der Waals surface area contributed by atoms with Crippen LogP contribution in [-0.2, 0) is 9.53 Å². The van der Waals surface area contributed by atoms with Crippen LogP contribution in [0.2, 0.25) is 0 Å². The van der Waals surface area contributed by atoms with Crippen molar-refractivity contribution in [3.8, 4) is 11.5 Å². The molecule has 31 heavy (non-hydrogen) atoms. The lowest BCUT2D eigenvalue weighted by atomic mass is 9.84. The SMILES string of the molecule is COc1ccnc(C(=O)N[C@@H](C)C(=O)OC(C)c2ccc(C3CCCCC3)cc2)c1O. The second-order valence-corrected chi connectivity index (χ2v) is 7.99. The van der Waals surface area contributed by atoms with Crippen LogP contribution in [-0.4, -0.2) is 35.1 Å². The van der Waals surface area contributed by atoms with Gasteiger partial charge in [-0.1, -0.05) is 43.5 Å². The summed E-state index contributed by atoms with van der Waals surface area (Å²) in [7, 11) is 1.37. The molecule has 7 heteroatoms. The first-order chi connectivity index (χ1) is 14.9. The summed E-state index contributed by atoms with van der Waals surface area (Å²) in [5.41, 5.74) is 2.03. The molecule has 1 aliphatic rings. The van der Waals surface area contributed by atoms with Crippen molar-refractivity contribution in [3.05, 3.63) is 53.3 Å². The van der Waals surface area contributed by atoms with Crippen LogP contribution in [0.15, 0.2) is 36.5 Å². The fraction of sp³-hybridized carbons (Fsp3) is 0.458. The zero-order valence-electron chi connectivity index (χ0n) is 18.3. The number of methoxy groups -OCH3 is 1. The minimum absolute atomic E-state index is 0.126. The number of hydrogen-bond donors (Lipinski definition) is 2. The maximum atomic E-state index is 12.5. The Morgan fingerprint density at radius 3 is 2.42 bits per heavy atom. The summed E-state index contributed by atoms with van der Waals surface area (Å²) >= 11 is 0. The first-order valence-electron chi connectivity index (χ1n) is 10.7. The number of pyridine rings is 1. The molecule has 0 radical (unpaired) electrons. The van der Waals surface area contributed by atoms with Gasteiger partial charge in [-0.2, -0.15) is 0 Å². The van der Waals surface area contributed by atoms with Gasteiger partial charge in [-0.25, -0.2) is 9.78 Å². The summed E-state index contributed by atoms with van der Waals surface area (Å²) in [6.45, 7) is 3.33. The van der Waals surface area contributed by atoms with Crippen LogP contribution in [0.3, 0.4) is 0 Å². The number of nitrogens with one attached hydrogen (secondary N) is 1. The highest BCUT2D eigenvalue weighted by molar-refractivity contribution is 5.97. The molecule has 0 spiro atoms. The molecule has 7 nitrogen and oxygen atoms in total. The van der Waals surface area contributed by atoms with Gasteiger partial charge in [-0.3, -0.25) is 4.79 Å². The number of benzene rings is 1. The Kier molecular flexibility index (Phi) is 7.50. The number of amides is 1. The van der Waals surface area contributed by atoms with E-state index in [1.807, 2.05) is 12.1 Å². The molecule has 3 rings (SSSR count). The van der Waals surface area contributed by atoms with Crippen LogP contribution < -0.4 is 10.1 Å². The number of nitrogens with zero attached hydrogens (tertiary/aromatic N) is 1. The number of carbonyl (C=O) groups excluding carboxylic acids is 2. The number of carbonyl (C=O) groups is 2. The van der Waals surface area contributed by atoms with Gasteiger partial charge in [0.2, 0.25) is 0 Å². The van der Waals surface area contributed by atoms with Crippen LogP contribution in [0.1, 0.15) is 79.6 Å². The Balaban J connectivity index is 1.57. The third-order valence-electron chi connectivity index (χ3n) is 5.80. The summed E-state index contributed by atoms with van der Waals surface area (Å²) in [4.78, 5) is 28.7. The second kappa shape index (κ2) is 10.3. The third-order valence-corrected chi connectivity index (χ3v) is 5.80. The molecule has 1 fully saturated rings. The standard InChI is InChI=1S/C24H30N2O5/c1-15(26-23(28)21-22(27)20(30-3)13-14-25-21)24(29)31-16(2)17-9-11-19(12-10-17)18-7-5-4-6-8-18/h9-16,18,27H,4-8H2,1-3H3,(H,26,28)/t15-,16?/m0/s1. The fourth-order valence-corrected chi connectivity index (χ4v) is 3.91. The van der Waals surface area contributed by atoms with E-state index in [2.05, 4.69) is 22.4 Å². The molecule has 166 valence electrons. The first kappa shape index (κ1) is 22.6. The molecule has 1 amide bonds. The van der Waals surface area contributed by atoms with E-state index in [1.165, 1.54) is 64.0 Å². The summed E-state index contributed by atoms with van der Waals surface area (Å²) in [6.07, 6.45) is 7.26. The molecule has 0 aliphatic heterocycles. The number of aromatic nitrogens is 1. The van der Waals surface area contributed by atoms with Crippen molar-refractivity contribution in [2.45, 2.75) is 64.0 Å². The Morgan fingerprint density at radius 1 is 1.10 bits per heavy atom. The summed E-state index contributed by atoms with van der Waals surface area (Å²) in [6, 6.07) is 8.78. The molecule has 1 aromatic heterocycles. The Hall–Kier alpha value is -3.09. The summed E-state index contributed by atoms with van der Waals surface area (Å²) < 4.78 is 10.5. The van der Waals surface area contributed by atoms with Crippen molar-refractivity contribution in [2.24, 2.45) is 0 Å². The van der Waals surface area contributed by atoms with Crippen LogP contribution in [0.4, 0.5) is 0 Å². The molecular weight excluding hydrogens is 396 g/mol. The van der Waals surface area contributed by atoms with Gasteiger partial charge in [-0.05, 0) is 43.7 Å². The highest BCUT2D eigenvalue weighted by Gasteiger charge is 2.24. The van der Waals surface area contributed by atoms with Gasteiger partial charge in [0.1, 0.15) is 12.1 Å². The van der Waals surface area contributed by atoms with E-state index in [4.69, 9.17) is 9.47 Å². The van der Waals surface area contributed by atoms with Gasteiger partial charge < -0.3 is 19.9 Å². The van der Waals surface area contributed by atoms with Crippen molar-refractivity contribution in [3.63, 3.8) is 0 Å². The van der Waals surface area contributed by atoms with Gasteiger partial charge in [0.15, 0.2) is 17.2 Å². The van der Waals surface area contributed by atoms with Crippen molar-refractivity contribution in [2.75, 3.05) is 7.11 Å². The lowest BCUT2D eigenvalue weighted by Crippen LogP contribution is -2.40. The first-order valence-corrected chi connectivity index (χ1v) is 10.7. The normalized spacial score (nSPS) is 16.2. The fourth-order valence-electron chi connectivity index (χ4n) is 3.91. The van der Waals surface area contributed by atoms with Gasteiger partial charge in [-0.15, -0.1) is 0 Å². The van der Waals surface area contributed by atoms with Crippen molar-refractivity contribution >= 4 is 11.9 Å². The minimum atomic E-state index is -0.913. The lowest BCUT2D eigenvalue weighted by Gasteiger charge is -2.23.